The third-order valence-corrected chi connectivity index (χ3v) is 2.75. The SMILES string of the molecule is NC(=S)Nc1ccc(OCC2CCCO2)c(F)c1. The average Bonchev–Trinajstić information content (AvgIpc) is 2.80. The largest absolute Gasteiger partial charge is 0.488 e. The smallest absolute Gasteiger partial charge is 0.168 e. The zero-order chi connectivity index (χ0) is 13.0. The van der Waals surface area contributed by atoms with Crippen LogP contribution in [0.2, 0.25) is 0 Å². The molecule has 4 nitrogen and oxygen atoms in total. The van der Waals surface area contributed by atoms with Crippen molar-refractivity contribution >= 4 is 23.0 Å². The maximum absolute atomic E-state index is 13.7. The van der Waals surface area contributed by atoms with Crippen LogP contribution < -0.4 is 15.8 Å². The first-order valence-corrected chi connectivity index (χ1v) is 6.16. The van der Waals surface area contributed by atoms with Gasteiger partial charge in [-0.3, -0.25) is 0 Å². The lowest BCUT2D eigenvalue weighted by atomic mass is 10.2. The van der Waals surface area contributed by atoms with Crippen LogP contribution in [0, 0.1) is 5.82 Å². The van der Waals surface area contributed by atoms with Gasteiger partial charge in [0, 0.05) is 18.4 Å². The third-order valence-electron chi connectivity index (χ3n) is 2.65. The van der Waals surface area contributed by atoms with Crippen molar-refractivity contribution < 1.29 is 13.9 Å². The summed E-state index contributed by atoms with van der Waals surface area (Å²) in [6, 6.07) is 4.50. The van der Waals surface area contributed by atoms with E-state index in [1.54, 1.807) is 12.1 Å². The molecular formula is C12H15FN2O2S. The lowest BCUT2D eigenvalue weighted by Gasteiger charge is -2.12. The number of rotatable bonds is 4. The lowest BCUT2D eigenvalue weighted by molar-refractivity contribution is 0.0666. The highest BCUT2D eigenvalue weighted by molar-refractivity contribution is 7.80. The van der Waals surface area contributed by atoms with E-state index >= 15 is 0 Å². The monoisotopic (exact) mass is 270 g/mol. The molecule has 0 radical (unpaired) electrons. The van der Waals surface area contributed by atoms with E-state index in [-0.39, 0.29) is 17.0 Å². The van der Waals surface area contributed by atoms with E-state index in [2.05, 4.69) is 17.5 Å². The summed E-state index contributed by atoms with van der Waals surface area (Å²) in [4.78, 5) is 0. The summed E-state index contributed by atoms with van der Waals surface area (Å²) >= 11 is 4.67. The number of nitrogens with one attached hydrogen (secondary N) is 1. The van der Waals surface area contributed by atoms with Gasteiger partial charge in [-0.1, -0.05) is 0 Å². The van der Waals surface area contributed by atoms with Crippen molar-refractivity contribution in [2.24, 2.45) is 5.73 Å². The van der Waals surface area contributed by atoms with Gasteiger partial charge in [0.25, 0.3) is 0 Å². The van der Waals surface area contributed by atoms with Gasteiger partial charge in [0.15, 0.2) is 16.7 Å². The van der Waals surface area contributed by atoms with Gasteiger partial charge in [-0.2, -0.15) is 0 Å². The first kappa shape index (κ1) is 13.0. The highest BCUT2D eigenvalue weighted by Crippen LogP contribution is 2.22. The second kappa shape index (κ2) is 5.97. The van der Waals surface area contributed by atoms with Crippen molar-refractivity contribution in [3.8, 4) is 5.75 Å². The number of anilines is 1. The standard InChI is InChI=1S/C12H15FN2O2S/c13-10-6-8(15-12(14)18)3-4-11(10)17-7-9-2-1-5-16-9/h3-4,6,9H,1-2,5,7H2,(H3,14,15,18). The maximum Gasteiger partial charge on any atom is 0.168 e. The first-order valence-electron chi connectivity index (χ1n) is 5.75. The predicted octanol–water partition coefficient (Wildman–Crippen LogP) is 2.04. The quantitative estimate of drug-likeness (QED) is 0.820. The number of hydrogen-bond donors (Lipinski definition) is 2. The fraction of sp³-hybridized carbons (Fsp3) is 0.417. The second-order valence-electron chi connectivity index (χ2n) is 4.08. The molecule has 1 heterocycles. The van der Waals surface area contributed by atoms with E-state index in [1.165, 1.54) is 6.07 Å². The minimum Gasteiger partial charge on any atom is -0.488 e. The molecule has 0 aromatic heterocycles. The minimum atomic E-state index is -0.450. The summed E-state index contributed by atoms with van der Waals surface area (Å²) in [5, 5.41) is 2.76. The van der Waals surface area contributed by atoms with Crippen LogP contribution in [0.4, 0.5) is 10.1 Å². The molecule has 0 saturated carbocycles. The molecule has 6 heteroatoms. The van der Waals surface area contributed by atoms with Gasteiger partial charge in [-0.15, -0.1) is 0 Å². The zero-order valence-corrected chi connectivity index (χ0v) is 10.6. The molecule has 18 heavy (non-hydrogen) atoms. The minimum absolute atomic E-state index is 0.0684. The fourth-order valence-corrected chi connectivity index (χ4v) is 1.91. The summed E-state index contributed by atoms with van der Waals surface area (Å²) in [6.07, 6.45) is 2.06. The van der Waals surface area contributed by atoms with E-state index in [4.69, 9.17) is 15.2 Å². The second-order valence-corrected chi connectivity index (χ2v) is 4.52. The summed E-state index contributed by atoms with van der Waals surface area (Å²) in [5.41, 5.74) is 5.81. The lowest BCUT2D eigenvalue weighted by Crippen LogP contribution is -2.19. The number of thiocarbonyl (C=S) groups is 1. The van der Waals surface area contributed by atoms with Crippen LogP contribution in [-0.4, -0.2) is 24.4 Å². The Hall–Kier alpha value is -1.40. The maximum atomic E-state index is 13.7. The predicted molar refractivity (Wildman–Crippen MR) is 71.3 cm³/mol. The molecule has 2 rings (SSSR count). The van der Waals surface area contributed by atoms with Gasteiger partial charge in [-0.25, -0.2) is 4.39 Å². The molecule has 0 spiro atoms. The molecule has 1 aromatic carbocycles. The fourth-order valence-electron chi connectivity index (χ4n) is 1.80. The zero-order valence-electron chi connectivity index (χ0n) is 9.82. The molecule has 1 aliphatic rings. The first-order chi connectivity index (χ1) is 8.65. The summed E-state index contributed by atoms with van der Waals surface area (Å²) in [7, 11) is 0. The Morgan fingerprint density at radius 3 is 3.06 bits per heavy atom. The van der Waals surface area contributed by atoms with E-state index < -0.39 is 5.82 Å². The van der Waals surface area contributed by atoms with Gasteiger partial charge in [0.05, 0.1) is 6.10 Å². The van der Waals surface area contributed by atoms with Crippen LogP contribution in [-0.2, 0) is 4.74 Å². The van der Waals surface area contributed by atoms with Gasteiger partial charge in [0.1, 0.15) is 6.61 Å². The molecule has 1 unspecified atom stereocenters. The Bertz CT molecular complexity index is 436. The van der Waals surface area contributed by atoms with Crippen molar-refractivity contribution in [2.45, 2.75) is 18.9 Å². The van der Waals surface area contributed by atoms with Crippen molar-refractivity contribution in [1.29, 1.82) is 0 Å². The van der Waals surface area contributed by atoms with Crippen LogP contribution in [0.3, 0.4) is 0 Å². The molecule has 1 saturated heterocycles. The molecular weight excluding hydrogens is 255 g/mol. The molecule has 0 amide bonds. The molecule has 98 valence electrons. The summed E-state index contributed by atoms with van der Waals surface area (Å²) < 4.78 is 24.5. The molecule has 0 aliphatic carbocycles. The molecule has 1 aliphatic heterocycles. The Morgan fingerprint density at radius 2 is 2.44 bits per heavy atom. The number of ether oxygens (including phenoxy) is 2. The normalized spacial score (nSPS) is 18.6. The Balaban J connectivity index is 1.94. The number of benzene rings is 1. The third kappa shape index (κ3) is 3.54. The van der Waals surface area contributed by atoms with Crippen LogP contribution >= 0.6 is 12.2 Å². The van der Waals surface area contributed by atoms with Gasteiger partial charge in [-0.05, 0) is 37.2 Å². The highest BCUT2D eigenvalue weighted by Gasteiger charge is 2.16. The van der Waals surface area contributed by atoms with Crippen LogP contribution in [0.5, 0.6) is 5.75 Å². The molecule has 3 N–H and O–H groups in total. The van der Waals surface area contributed by atoms with Crippen molar-refractivity contribution in [1.82, 2.24) is 0 Å². The van der Waals surface area contributed by atoms with Crippen molar-refractivity contribution in [3.63, 3.8) is 0 Å². The summed E-state index contributed by atoms with van der Waals surface area (Å²) in [6.45, 7) is 1.13. The van der Waals surface area contributed by atoms with Crippen molar-refractivity contribution in [2.75, 3.05) is 18.5 Å². The van der Waals surface area contributed by atoms with E-state index in [0.29, 0.717) is 12.3 Å². The summed E-state index contributed by atoms with van der Waals surface area (Å²) in [5.74, 6) is -0.242. The molecule has 0 bridgehead atoms. The molecule has 1 aromatic rings. The van der Waals surface area contributed by atoms with Crippen LogP contribution in [0.25, 0.3) is 0 Å². The average molecular weight is 270 g/mol. The number of nitrogens with two attached hydrogens (primary N) is 1. The van der Waals surface area contributed by atoms with Crippen LogP contribution in [0.1, 0.15) is 12.8 Å². The van der Waals surface area contributed by atoms with E-state index in [0.717, 1.165) is 19.4 Å². The number of hydrogen-bond acceptors (Lipinski definition) is 3. The Morgan fingerprint density at radius 1 is 1.61 bits per heavy atom. The van der Waals surface area contributed by atoms with Gasteiger partial charge >= 0.3 is 0 Å². The van der Waals surface area contributed by atoms with Gasteiger partial charge < -0.3 is 20.5 Å². The topological polar surface area (TPSA) is 56.5 Å². The van der Waals surface area contributed by atoms with E-state index in [1.807, 2.05) is 0 Å². The Labute approximate surface area is 110 Å². The van der Waals surface area contributed by atoms with Gasteiger partial charge in [0.2, 0.25) is 0 Å². The molecule has 1 atom stereocenters. The van der Waals surface area contributed by atoms with E-state index in [9.17, 15) is 4.39 Å². The molecule has 1 fully saturated rings. The van der Waals surface area contributed by atoms with Crippen LogP contribution in [0.15, 0.2) is 18.2 Å². The highest BCUT2D eigenvalue weighted by atomic mass is 32.1. The van der Waals surface area contributed by atoms with Crippen molar-refractivity contribution in [3.05, 3.63) is 24.0 Å². The Kier molecular flexibility index (Phi) is 4.33. The number of halogens is 1.